The summed E-state index contributed by atoms with van der Waals surface area (Å²) in [6.45, 7) is 5.87. The summed E-state index contributed by atoms with van der Waals surface area (Å²) in [5.74, 6) is -1.38. The molecule has 1 heterocycles. The van der Waals surface area contributed by atoms with E-state index in [0.29, 0.717) is 18.7 Å². The summed E-state index contributed by atoms with van der Waals surface area (Å²) in [6.07, 6.45) is 0.722. The number of carbonyl (C=O) groups is 3. The van der Waals surface area contributed by atoms with Crippen LogP contribution >= 0.6 is 11.3 Å². The zero-order valence-electron chi connectivity index (χ0n) is 12.4. The normalized spacial score (nSPS) is 11.0. The zero-order chi connectivity index (χ0) is 16.0. The number of aromatic carboxylic acids is 1. The van der Waals surface area contributed by atoms with Crippen molar-refractivity contribution in [3.8, 4) is 0 Å². The molecule has 6 nitrogen and oxygen atoms in total. The summed E-state index contributed by atoms with van der Waals surface area (Å²) >= 11 is 1.06. The molecule has 1 aromatic heterocycles. The van der Waals surface area contributed by atoms with E-state index in [4.69, 9.17) is 5.11 Å². The highest BCUT2D eigenvalue weighted by Crippen LogP contribution is 2.22. The van der Waals surface area contributed by atoms with Crippen molar-refractivity contribution >= 4 is 34.8 Å². The Morgan fingerprint density at radius 2 is 1.95 bits per heavy atom. The van der Waals surface area contributed by atoms with Crippen molar-refractivity contribution in [1.29, 1.82) is 0 Å². The van der Waals surface area contributed by atoms with Crippen LogP contribution in [0.2, 0.25) is 0 Å². The minimum absolute atomic E-state index is 0.0612. The van der Waals surface area contributed by atoms with Crippen LogP contribution in [-0.4, -0.2) is 29.4 Å². The highest BCUT2D eigenvalue weighted by atomic mass is 32.1. The number of rotatable bonds is 6. The molecule has 0 spiro atoms. The molecule has 3 N–H and O–H groups in total. The SMILES string of the molecule is CC(C)(C)C(=O)NCCCC(=O)Nc1ccsc1C(=O)O. The Kier molecular flexibility index (Phi) is 5.90. The Bertz CT molecular complexity index is 531. The van der Waals surface area contributed by atoms with Gasteiger partial charge in [-0.15, -0.1) is 11.3 Å². The van der Waals surface area contributed by atoms with Crippen LogP contribution < -0.4 is 10.6 Å². The molecule has 0 aliphatic carbocycles. The van der Waals surface area contributed by atoms with Crippen LogP contribution in [-0.2, 0) is 9.59 Å². The summed E-state index contributed by atoms with van der Waals surface area (Å²) in [4.78, 5) is 34.3. The number of anilines is 1. The van der Waals surface area contributed by atoms with Crippen LogP contribution in [0.4, 0.5) is 5.69 Å². The Balaban J connectivity index is 2.34. The van der Waals surface area contributed by atoms with Gasteiger partial charge in [0.1, 0.15) is 4.88 Å². The summed E-state index contributed by atoms with van der Waals surface area (Å²) < 4.78 is 0. The predicted octanol–water partition coefficient (Wildman–Crippen LogP) is 2.33. The van der Waals surface area contributed by atoms with Crippen LogP contribution in [0.15, 0.2) is 11.4 Å². The van der Waals surface area contributed by atoms with E-state index in [1.807, 2.05) is 20.8 Å². The molecule has 7 heteroatoms. The third kappa shape index (κ3) is 5.55. The highest BCUT2D eigenvalue weighted by molar-refractivity contribution is 7.12. The van der Waals surface area contributed by atoms with Crippen molar-refractivity contribution in [2.45, 2.75) is 33.6 Å². The van der Waals surface area contributed by atoms with Gasteiger partial charge in [-0.2, -0.15) is 0 Å². The molecule has 1 aromatic rings. The van der Waals surface area contributed by atoms with Crippen LogP contribution in [0.3, 0.4) is 0 Å². The van der Waals surface area contributed by atoms with Gasteiger partial charge in [0.05, 0.1) is 5.69 Å². The quantitative estimate of drug-likeness (QED) is 0.702. The molecule has 0 unspecified atom stereocenters. The maximum atomic E-state index is 11.7. The second kappa shape index (κ2) is 7.21. The molecule has 0 bridgehead atoms. The lowest BCUT2D eigenvalue weighted by Gasteiger charge is -2.17. The Morgan fingerprint density at radius 3 is 2.52 bits per heavy atom. The van der Waals surface area contributed by atoms with Crippen LogP contribution in [0.5, 0.6) is 0 Å². The number of thiophene rings is 1. The first-order valence-electron chi connectivity index (χ1n) is 6.60. The minimum Gasteiger partial charge on any atom is -0.477 e. The summed E-state index contributed by atoms with van der Waals surface area (Å²) in [5, 5.41) is 15.9. The average molecular weight is 312 g/mol. The van der Waals surface area contributed by atoms with Gasteiger partial charge < -0.3 is 15.7 Å². The fraction of sp³-hybridized carbons (Fsp3) is 0.500. The topological polar surface area (TPSA) is 95.5 Å². The van der Waals surface area contributed by atoms with Crippen LogP contribution in [0, 0.1) is 5.41 Å². The molecule has 0 aliphatic rings. The lowest BCUT2D eigenvalue weighted by Crippen LogP contribution is -2.35. The van der Waals surface area contributed by atoms with Gasteiger partial charge in [-0.05, 0) is 17.9 Å². The molecule has 0 radical (unpaired) electrons. The van der Waals surface area contributed by atoms with Crippen molar-refractivity contribution in [3.05, 3.63) is 16.3 Å². The number of carbonyl (C=O) groups excluding carboxylic acids is 2. The van der Waals surface area contributed by atoms with Crippen molar-refractivity contribution in [1.82, 2.24) is 5.32 Å². The van der Waals surface area contributed by atoms with E-state index in [0.717, 1.165) is 11.3 Å². The largest absolute Gasteiger partial charge is 0.477 e. The smallest absolute Gasteiger partial charge is 0.348 e. The molecule has 0 saturated carbocycles. The van der Waals surface area contributed by atoms with Gasteiger partial charge in [0.25, 0.3) is 0 Å². The zero-order valence-corrected chi connectivity index (χ0v) is 13.2. The fourth-order valence-electron chi connectivity index (χ4n) is 1.50. The van der Waals surface area contributed by atoms with E-state index in [1.54, 1.807) is 11.4 Å². The van der Waals surface area contributed by atoms with Crippen molar-refractivity contribution in [3.63, 3.8) is 0 Å². The first-order chi connectivity index (χ1) is 9.71. The first-order valence-corrected chi connectivity index (χ1v) is 7.48. The highest BCUT2D eigenvalue weighted by Gasteiger charge is 2.20. The predicted molar refractivity (Wildman–Crippen MR) is 81.6 cm³/mol. The van der Waals surface area contributed by atoms with E-state index in [9.17, 15) is 14.4 Å². The molecule has 21 heavy (non-hydrogen) atoms. The lowest BCUT2D eigenvalue weighted by atomic mass is 9.96. The maximum Gasteiger partial charge on any atom is 0.348 e. The summed E-state index contributed by atoms with van der Waals surface area (Å²) in [6, 6.07) is 1.56. The van der Waals surface area contributed by atoms with E-state index in [-0.39, 0.29) is 23.1 Å². The second-order valence-corrected chi connectivity index (χ2v) is 6.54. The second-order valence-electron chi connectivity index (χ2n) is 5.63. The van der Waals surface area contributed by atoms with Gasteiger partial charge in [-0.25, -0.2) is 4.79 Å². The molecule has 2 amide bonds. The molecule has 0 saturated heterocycles. The first kappa shape index (κ1) is 17.2. The molecule has 0 aliphatic heterocycles. The third-order valence-electron chi connectivity index (χ3n) is 2.68. The summed E-state index contributed by atoms with van der Waals surface area (Å²) in [7, 11) is 0. The van der Waals surface area contributed by atoms with Gasteiger partial charge in [0, 0.05) is 18.4 Å². The number of carboxylic acid groups (broad SMARTS) is 1. The van der Waals surface area contributed by atoms with Crippen molar-refractivity contribution in [2.75, 3.05) is 11.9 Å². The molecule has 116 valence electrons. The van der Waals surface area contributed by atoms with Gasteiger partial charge in [-0.3, -0.25) is 9.59 Å². The Labute approximate surface area is 127 Å². The number of hydrogen-bond donors (Lipinski definition) is 3. The monoisotopic (exact) mass is 312 g/mol. The van der Waals surface area contributed by atoms with Gasteiger partial charge in [0.2, 0.25) is 11.8 Å². The van der Waals surface area contributed by atoms with Crippen LogP contribution in [0.1, 0.15) is 43.3 Å². The average Bonchev–Trinajstić information content (AvgIpc) is 2.81. The number of carboxylic acids is 1. The molecule has 0 fully saturated rings. The molecule has 0 atom stereocenters. The number of nitrogens with one attached hydrogen (secondary N) is 2. The van der Waals surface area contributed by atoms with Gasteiger partial charge >= 0.3 is 5.97 Å². The van der Waals surface area contributed by atoms with Crippen molar-refractivity contribution < 1.29 is 19.5 Å². The van der Waals surface area contributed by atoms with E-state index in [1.165, 1.54) is 0 Å². The maximum absolute atomic E-state index is 11.7. The third-order valence-corrected chi connectivity index (χ3v) is 3.58. The van der Waals surface area contributed by atoms with E-state index in [2.05, 4.69) is 10.6 Å². The van der Waals surface area contributed by atoms with Gasteiger partial charge in [0.15, 0.2) is 0 Å². The molecular weight excluding hydrogens is 292 g/mol. The van der Waals surface area contributed by atoms with E-state index < -0.39 is 11.4 Å². The minimum atomic E-state index is -1.06. The lowest BCUT2D eigenvalue weighted by molar-refractivity contribution is -0.128. The Morgan fingerprint density at radius 1 is 1.29 bits per heavy atom. The van der Waals surface area contributed by atoms with Crippen molar-refractivity contribution in [2.24, 2.45) is 5.41 Å². The van der Waals surface area contributed by atoms with Crippen LogP contribution in [0.25, 0.3) is 0 Å². The molecule has 1 rings (SSSR count). The molecular formula is C14H20N2O4S. The summed E-state index contributed by atoms with van der Waals surface area (Å²) in [5.41, 5.74) is -0.133. The number of amides is 2. The fourth-order valence-corrected chi connectivity index (χ4v) is 2.19. The number of hydrogen-bond acceptors (Lipinski definition) is 4. The molecule has 0 aromatic carbocycles. The van der Waals surface area contributed by atoms with Gasteiger partial charge in [-0.1, -0.05) is 20.8 Å². The Hall–Kier alpha value is -1.89. The van der Waals surface area contributed by atoms with E-state index >= 15 is 0 Å². The standard InChI is InChI=1S/C14H20N2O4S/c1-14(2,3)13(20)15-7-4-5-10(17)16-9-6-8-21-11(9)12(18)19/h6,8H,4-5,7H2,1-3H3,(H,15,20)(H,16,17)(H,18,19).